The third-order valence-corrected chi connectivity index (χ3v) is 1.59. The van der Waals surface area contributed by atoms with Crippen LogP contribution in [0, 0.1) is 13.0 Å². The normalized spacial score (nSPS) is 8.71. The van der Waals surface area contributed by atoms with Gasteiger partial charge >= 0.3 is 0 Å². The molecule has 1 rings (SSSR count). The van der Waals surface area contributed by atoms with Crippen LogP contribution in [0.4, 0.5) is 0 Å². The summed E-state index contributed by atoms with van der Waals surface area (Å²) in [5, 5.41) is 1.37. The Morgan fingerprint density at radius 2 is 2.43 bits per heavy atom. The van der Waals surface area contributed by atoms with Gasteiger partial charge in [0.1, 0.15) is 0 Å². The maximum atomic E-state index is 3.07. The molecule has 0 aromatic carbocycles. The molecular weight excluding hydrogens is 182 g/mol. The molecule has 0 bridgehead atoms. The zero-order chi connectivity index (χ0) is 4.41. The summed E-state index contributed by atoms with van der Waals surface area (Å²) >= 11 is 0. The van der Waals surface area contributed by atoms with Gasteiger partial charge in [-0.05, 0) is 0 Å². The SMILES string of the molecule is Cc1[c-]cc[pH]1.[Zr]. The van der Waals surface area contributed by atoms with Crippen LogP contribution in [-0.4, -0.2) is 0 Å². The molecule has 1 aromatic heterocycles. The second-order valence-corrected chi connectivity index (χ2v) is 2.62. The Labute approximate surface area is 64.5 Å². The maximum absolute atomic E-state index is 3.07. The fourth-order valence-corrected chi connectivity index (χ4v) is 0.958. The molecule has 0 saturated carbocycles. The van der Waals surface area contributed by atoms with Crippen LogP contribution in [0.3, 0.4) is 0 Å². The molecule has 0 saturated heterocycles. The predicted octanol–water partition coefficient (Wildman–Crippen LogP) is 1.82. The molecular formula is C5H6PZr-. The van der Waals surface area contributed by atoms with E-state index in [1.807, 2.05) is 6.07 Å². The van der Waals surface area contributed by atoms with Gasteiger partial charge in [-0.1, -0.05) is 6.92 Å². The molecule has 36 valence electrons. The van der Waals surface area contributed by atoms with Crippen molar-refractivity contribution in [1.29, 1.82) is 0 Å². The van der Waals surface area contributed by atoms with E-state index < -0.39 is 0 Å². The van der Waals surface area contributed by atoms with E-state index in [0.717, 1.165) is 8.19 Å². The Morgan fingerprint density at radius 1 is 1.71 bits per heavy atom. The Kier molecular flexibility index (Phi) is 3.98. The van der Waals surface area contributed by atoms with Gasteiger partial charge in [0.2, 0.25) is 0 Å². The van der Waals surface area contributed by atoms with E-state index in [1.54, 1.807) is 0 Å². The topological polar surface area (TPSA) is 0 Å². The molecule has 0 N–H and O–H groups in total. The minimum absolute atomic E-state index is 0. The summed E-state index contributed by atoms with van der Waals surface area (Å²) in [4.78, 5) is 0. The van der Waals surface area contributed by atoms with Crippen molar-refractivity contribution in [3.8, 4) is 0 Å². The molecule has 0 amide bonds. The minimum Gasteiger partial charge on any atom is -0.245 e. The van der Waals surface area contributed by atoms with Gasteiger partial charge in [-0.2, -0.15) is 5.80 Å². The van der Waals surface area contributed by atoms with E-state index in [1.165, 1.54) is 5.30 Å². The molecule has 0 aliphatic heterocycles. The number of hydrogen-bond donors (Lipinski definition) is 0. The fourth-order valence-electron chi connectivity index (χ4n) is 0.375. The van der Waals surface area contributed by atoms with E-state index in [0.29, 0.717) is 0 Å². The van der Waals surface area contributed by atoms with Crippen molar-refractivity contribution in [1.82, 2.24) is 0 Å². The Hall–Kier alpha value is 0.663. The van der Waals surface area contributed by atoms with Crippen LogP contribution >= 0.6 is 8.19 Å². The van der Waals surface area contributed by atoms with Crippen LogP contribution in [0.2, 0.25) is 0 Å². The van der Waals surface area contributed by atoms with Crippen LogP contribution in [0.15, 0.2) is 11.9 Å². The smallest absolute Gasteiger partial charge is 0 e. The molecule has 0 radical (unpaired) electrons. The van der Waals surface area contributed by atoms with Crippen molar-refractivity contribution >= 4 is 8.19 Å². The summed E-state index contributed by atoms with van der Waals surface area (Å²) in [6.45, 7) is 2.10. The van der Waals surface area contributed by atoms with Crippen molar-refractivity contribution < 1.29 is 26.2 Å². The summed E-state index contributed by atoms with van der Waals surface area (Å²) in [5.41, 5.74) is 0. The second-order valence-electron chi connectivity index (χ2n) is 1.25. The zero-order valence-electron chi connectivity index (χ0n) is 4.15. The summed E-state index contributed by atoms with van der Waals surface area (Å²) in [6, 6.07) is 5.05. The molecule has 0 spiro atoms. The van der Waals surface area contributed by atoms with Gasteiger partial charge in [0.05, 0.1) is 0 Å². The molecule has 7 heavy (non-hydrogen) atoms. The molecule has 1 aromatic rings. The van der Waals surface area contributed by atoms with Crippen molar-refractivity contribution in [2.24, 2.45) is 0 Å². The number of hydrogen-bond acceptors (Lipinski definition) is 0. The molecule has 0 nitrogen and oxygen atoms in total. The Bertz CT molecular complexity index is 112. The standard InChI is InChI=1S/C5H6P.Zr/c1-5-3-2-4-6-5;/h2,4,6H,1H3;/q-1;. The van der Waals surface area contributed by atoms with Gasteiger partial charge in [0, 0.05) is 26.2 Å². The van der Waals surface area contributed by atoms with E-state index in [9.17, 15) is 0 Å². The van der Waals surface area contributed by atoms with E-state index in [2.05, 4.69) is 18.8 Å². The van der Waals surface area contributed by atoms with Gasteiger partial charge in [0.25, 0.3) is 0 Å². The first-order valence-corrected chi connectivity index (χ1v) is 2.99. The van der Waals surface area contributed by atoms with Gasteiger partial charge < -0.3 is 0 Å². The van der Waals surface area contributed by atoms with Crippen molar-refractivity contribution in [2.75, 3.05) is 0 Å². The second kappa shape index (κ2) is 3.64. The van der Waals surface area contributed by atoms with Crippen molar-refractivity contribution in [3.05, 3.63) is 23.2 Å². The van der Waals surface area contributed by atoms with Crippen molar-refractivity contribution in [2.45, 2.75) is 6.92 Å². The van der Waals surface area contributed by atoms with Gasteiger partial charge in [-0.25, -0.2) is 20.3 Å². The molecule has 2 heteroatoms. The maximum Gasteiger partial charge on any atom is 0 e. The summed E-state index contributed by atoms with van der Waals surface area (Å²) < 4.78 is 0. The van der Waals surface area contributed by atoms with E-state index in [4.69, 9.17) is 0 Å². The third kappa shape index (κ3) is 2.47. The quantitative estimate of drug-likeness (QED) is 0.545. The first-order valence-electron chi connectivity index (χ1n) is 1.91. The number of rotatable bonds is 0. The minimum atomic E-state index is 0. The van der Waals surface area contributed by atoms with E-state index in [-0.39, 0.29) is 26.2 Å². The molecule has 1 atom stereocenters. The molecule has 0 aliphatic carbocycles. The van der Waals surface area contributed by atoms with E-state index >= 15 is 0 Å². The first-order chi connectivity index (χ1) is 2.89. The Balaban J connectivity index is 0.000000360. The third-order valence-electron chi connectivity index (χ3n) is 0.683. The largest absolute Gasteiger partial charge is 0.245 e. The summed E-state index contributed by atoms with van der Waals surface area (Å²) in [7, 11) is 0.907. The van der Waals surface area contributed by atoms with Gasteiger partial charge in [0.15, 0.2) is 0 Å². The zero-order valence-corrected chi connectivity index (χ0v) is 7.61. The predicted molar refractivity (Wildman–Crippen MR) is 29.5 cm³/mol. The van der Waals surface area contributed by atoms with Crippen LogP contribution < -0.4 is 0 Å². The fraction of sp³-hybridized carbons (Fsp3) is 0.200. The van der Waals surface area contributed by atoms with Crippen LogP contribution in [0.5, 0.6) is 0 Å². The molecule has 0 fully saturated rings. The average molecular weight is 188 g/mol. The molecule has 1 unspecified atom stereocenters. The first kappa shape index (κ1) is 7.66. The van der Waals surface area contributed by atoms with Crippen LogP contribution in [0.25, 0.3) is 0 Å². The molecule has 0 aliphatic rings. The summed E-state index contributed by atoms with van der Waals surface area (Å²) in [5.74, 6) is 2.13. The monoisotopic (exact) mass is 187 g/mol. The van der Waals surface area contributed by atoms with Crippen LogP contribution in [0.1, 0.15) is 5.30 Å². The van der Waals surface area contributed by atoms with Gasteiger partial charge in [-0.3, -0.25) is 0 Å². The summed E-state index contributed by atoms with van der Waals surface area (Å²) in [6.07, 6.45) is 0. The number of aryl methyl sites for hydroxylation is 1. The van der Waals surface area contributed by atoms with Gasteiger partial charge in [-0.15, -0.1) is 5.30 Å². The molecule has 1 heterocycles. The van der Waals surface area contributed by atoms with Crippen molar-refractivity contribution in [3.63, 3.8) is 0 Å². The Morgan fingerprint density at radius 3 is 2.57 bits per heavy atom. The van der Waals surface area contributed by atoms with Crippen LogP contribution in [-0.2, 0) is 26.2 Å². The average Bonchev–Trinajstić information content (AvgIpc) is 1.86.